The van der Waals surface area contributed by atoms with E-state index in [1.807, 2.05) is 25.1 Å². The van der Waals surface area contributed by atoms with E-state index < -0.39 is 5.91 Å². The molecule has 0 aliphatic rings. The molecule has 0 saturated heterocycles. The highest BCUT2D eigenvalue weighted by Crippen LogP contribution is 2.31. The van der Waals surface area contributed by atoms with E-state index in [1.54, 1.807) is 12.3 Å². The molecule has 0 radical (unpaired) electrons. The first kappa shape index (κ1) is 14.3. The summed E-state index contributed by atoms with van der Waals surface area (Å²) in [5, 5.41) is 17.2. The number of nitrogens with zero attached hydrogens (tertiary/aromatic N) is 3. The molecule has 0 atom stereocenters. The third-order valence-electron chi connectivity index (χ3n) is 4.06. The average molecular weight is 318 g/mol. The predicted molar refractivity (Wildman–Crippen MR) is 91.0 cm³/mol. The lowest BCUT2D eigenvalue weighted by atomic mass is 9.97. The molecule has 0 saturated carbocycles. The van der Waals surface area contributed by atoms with E-state index in [2.05, 4.69) is 38.0 Å². The van der Waals surface area contributed by atoms with E-state index in [0.29, 0.717) is 0 Å². The number of aromatic nitrogens is 4. The highest BCUT2D eigenvalue weighted by molar-refractivity contribution is 6.00. The summed E-state index contributed by atoms with van der Waals surface area (Å²) in [5.74, 6) is 4.69. The molecule has 118 valence electrons. The van der Waals surface area contributed by atoms with Gasteiger partial charge in [-0.3, -0.25) is 15.3 Å². The van der Waals surface area contributed by atoms with Crippen LogP contribution in [0.5, 0.6) is 0 Å². The van der Waals surface area contributed by atoms with Gasteiger partial charge in [-0.05, 0) is 36.2 Å². The summed E-state index contributed by atoms with van der Waals surface area (Å²) in [6.07, 6.45) is 1.80. The molecule has 7 nitrogen and oxygen atoms in total. The lowest BCUT2D eigenvalue weighted by Gasteiger charge is -2.09. The zero-order chi connectivity index (χ0) is 16.7. The number of nitrogens with two attached hydrogens (primary N) is 1. The monoisotopic (exact) mass is 318 g/mol. The third kappa shape index (κ3) is 2.19. The van der Waals surface area contributed by atoms with E-state index in [9.17, 15) is 4.79 Å². The van der Waals surface area contributed by atoms with Crippen LogP contribution in [0.2, 0.25) is 0 Å². The van der Waals surface area contributed by atoms with Crippen molar-refractivity contribution >= 4 is 27.7 Å². The van der Waals surface area contributed by atoms with Gasteiger partial charge in [0.25, 0.3) is 5.91 Å². The number of carbonyl (C=O) groups is 1. The molecule has 4 aromatic rings. The van der Waals surface area contributed by atoms with Crippen molar-refractivity contribution in [1.29, 1.82) is 0 Å². The van der Waals surface area contributed by atoms with Crippen LogP contribution in [-0.4, -0.2) is 26.3 Å². The zero-order valence-corrected chi connectivity index (χ0v) is 12.9. The molecule has 2 heterocycles. The van der Waals surface area contributed by atoms with Crippen LogP contribution < -0.4 is 11.3 Å². The number of hydrazine groups is 1. The van der Waals surface area contributed by atoms with E-state index in [0.717, 1.165) is 38.5 Å². The normalized spacial score (nSPS) is 11.1. The Balaban J connectivity index is 1.95. The molecule has 1 amide bonds. The Morgan fingerprint density at radius 3 is 2.83 bits per heavy atom. The molecule has 0 fully saturated rings. The maximum atomic E-state index is 11.6. The van der Waals surface area contributed by atoms with Gasteiger partial charge in [-0.2, -0.15) is 5.10 Å². The second-order valence-corrected chi connectivity index (χ2v) is 5.57. The summed E-state index contributed by atoms with van der Waals surface area (Å²) in [4.78, 5) is 11.6. The third-order valence-corrected chi connectivity index (χ3v) is 4.06. The van der Waals surface area contributed by atoms with Crippen molar-refractivity contribution < 1.29 is 4.79 Å². The van der Waals surface area contributed by atoms with Gasteiger partial charge in [0.05, 0.1) is 11.7 Å². The fourth-order valence-electron chi connectivity index (χ4n) is 2.87. The predicted octanol–water partition coefficient (Wildman–Crippen LogP) is 2.09. The number of rotatable bonds is 2. The van der Waals surface area contributed by atoms with Gasteiger partial charge in [-0.25, -0.2) is 5.84 Å². The number of nitrogen functional groups attached to an aromatic ring is 1. The fourth-order valence-corrected chi connectivity index (χ4v) is 2.87. The van der Waals surface area contributed by atoms with Gasteiger partial charge in [0, 0.05) is 16.3 Å². The Labute approximate surface area is 136 Å². The molecule has 2 aromatic carbocycles. The zero-order valence-electron chi connectivity index (χ0n) is 12.9. The summed E-state index contributed by atoms with van der Waals surface area (Å²) in [6, 6.07) is 11.6. The summed E-state index contributed by atoms with van der Waals surface area (Å²) < 4.78 is 0. The van der Waals surface area contributed by atoms with Crippen LogP contribution in [-0.2, 0) is 0 Å². The van der Waals surface area contributed by atoms with Crippen molar-refractivity contribution in [2.75, 3.05) is 0 Å². The van der Waals surface area contributed by atoms with Crippen molar-refractivity contribution in [2.45, 2.75) is 6.92 Å². The van der Waals surface area contributed by atoms with Gasteiger partial charge in [-0.15, -0.1) is 10.2 Å². The van der Waals surface area contributed by atoms with Crippen molar-refractivity contribution in [3.8, 4) is 11.1 Å². The van der Waals surface area contributed by atoms with Crippen molar-refractivity contribution in [1.82, 2.24) is 25.8 Å². The van der Waals surface area contributed by atoms with Gasteiger partial charge in [0.1, 0.15) is 5.52 Å². The Hall–Kier alpha value is -3.32. The molecular weight excluding hydrogens is 304 g/mol. The number of amides is 1. The minimum Gasteiger partial charge on any atom is -0.289 e. The average Bonchev–Trinajstić information content (AvgIpc) is 3.06. The number of aromatic amines is 1. The number of benzene rings is 2. The van der Waals surface area contributed by atoms with Gasteiger partial charge < -0.3 is 0 Å². The van der Waals surface area contributed by atoms with Crippen molar-refractivity contribution in [2.24, 2.45) is 5.84 Å². The molecule has 24 heavy (non-hydrogen) atoms. The van der Waals surface area contributed by atoms with Gasteiger partial charge in [0.2, 0.25) is 0 Å². The van der Waals surface area contributed by atoms with Crippen molar-refractivity contribution in [3.63, 3.8) is 0 Å². The molecule has 0 bridgehead atoms. The van der Waals surface area contributed by atoms with Crippen LogP contribution in [0.3, 0.4) is 0 Å². The van der Waals surface area contributed by atoms with Crippen LogP contribution in [0.15, 0.2) is 42.6 Å². The number of hydrogen-bond donors (Lipinski definition) is 3. The quantitative estimate of drug-likeness (QED) is 0.298. The first-order valence-corrected chi connectivity index (χ1v) is 7.39. The fraction of sp³-hybridized carbons (Fsp3) is 0.0588. The molecule has 0 aliphatic carbocycles. The minimum atomic E-state index is -0.468. The Morgan fingerprint density at radius 2 is 2.00 bits per heavy atom. The number of aryl methyl sites for hydroxylation is 1. The number of carbonyl (C=O) groups excluding carboxylic acids is 1. The molecule has 0 unspecified atom stereocenters. The van der Waals surface area contributed by atoms with Gasteiger partial charge in [-0.1, -0.05) is 18.2 Å². The largest absolute Gasteiger partial charge is 0.289 e. The van der Waals surface area contributed by atoms with E-state index in [1.165, 1.54) is 0 Å². The lowest BCUT2D eigenvalue weighted by molar-refractivity contribution is 0.0948. The van der Waals surface area contributed by atoms with Crippen LogP contribution in [0.4, 0.5) is 0 Å². The molecular formula is C17H14N6O. The standard InChI is InChI=1S/C17H14N6O/c1-9-5-11-8-19-21-14(11)7-13(9)12-4-2-3-10-6-15(17(24)20-18)22-23-16(10)12/h2-8H,18H2,1H3,(H,19,21)(H,20,24). The lowest BCUT2D eigenvalue weighted by Crippen LogP contribution is -2.30. The van der Waals surface area contributed by atoms with Gasteiger partial charge in [0.15, 0.2) is 5.69 Å². The Morgan fingerprint density at radius 1 is 1.12 bits per heavy atom. The smallest absolute Gasteiger partial charge is 0.285 e. The van der Waals surface area contributed by atoms with E-state index in [4.69, 9.17) is 5.84 Å². The van der Waals surface area contributed by atoms with Crippen LogP contribution in [0.1, 0.15) is 16.1 Å². The van der Waals surface area contributed by atoms with Crippen LogP contribution in [0, 0.1) is 6.92 Å². The highest BCUT2D eigenvalue weighted by Gasteiger charge is 2.13. The molecule has 4 rings (SSSR count). The second kappa shape index (κ2) is 5.39. The topological polar surface area (TPSA) is 110 Å². The Bertz CT molecular complexity index is 1090. The number of fused-ring (bicyclic) bond motifs is 2. The van der Waals surface area contributed by atoms with Crippen molar-refractivity contribution in [3.05, 3.63) is 53.9 Å². The van der Waals surface area contributed by atoms with Gasteiger partial charge >= 0.3 is 0 Å². The van der Waals surface area contributed by atoms with E-state index >= 15 is 0 Å². The van der Waals surface area contributed by atoms with Crippen LogP contribution >= 0.6 is 0 Å². The molecule has 0 spiro atoms. The number of hydrogen-bond acceptors (Lipinski definition) is 5. The highest BCUT2D eigenvalue weighted by atomic mass is 16.2. The first-order chi connectivity index (χ1) is 11.7. The summed E-state index contributed by atoms with van der Waals surface area (Å²) >= 11 is 0. The minimum absolute atomic E-state index is 0.183. The SMILES string of the molecule is Cc1cc2cn[nH]c2cc1-c1cccc2cc(C(=O)NN)nnc12. The molecule has 0 aliphatic heterocycles. The summed E-state index contributed by atoms with van der Waals surface area (Å²) in [6.45, 7) is 2.05. The molecule has 2 aromatic heterocycles. The summed E-state index contributed by atoms with van der Waals surface area (Å²) in [5.41, 5.74) is 7.05. The second-order valence-electron chi connectivity index (χ2n) is 5.57. The molecule has 7 heteroatoms. The maximum absolute atomic E-state index is 11.6. The van der Waals surface area contributed by atoms with Crippen LogP contribution in [0.25, 0.3) is 32.9 Å². The maximum Gasteiger partial charge on any atom is 0.285 e. The number of nitrogens with one attached hydrogen (secondary N) is 2. The number of H-pyrrole nitrogens is 1. The van der Waals surface area contributed by atoms with E-state index in [-0.39, 0.29) is 5.69 Å². The Kier molecular flexibility index (Phi) is 3.21. The first-order valence-electron chi connectivity index (χ1n) is 7.39. The molecule has 4 N–H and O–H groups in total. The summed E-state index contributed by atoms with van der Waals surface area (Å²) in [7, 11) is 0.